The average Bonchev–Trinajstić information content (AvgIpc) is 2.99. The van der Waals surface area contributed by atoms with Crippen molar-refractivity contribution in [3.63, 3.8) is 0 Å². The van der Waals surface area contributed by atoms with Gasteiger partial charge < -0.3 is 0 Å². The molecule has 0 fully saturated rings. The lowest BCUT2D eigenvalue weighted by atomic mass is 10.1. The topological polar surface area (TPSA) is 0 Å². The van der Waals surface area contributed by atoms with Crippen LogP contribution in [0.4, 0.5) is 13.2 Å². The summed E-state index contributed by atoms with van der Waals surface area (Å²) in [6, 6.07) is 13.5. The highest BCUT2D eigenvalue weighted by Gasteiger charge is 2.14. The minimum absolute atomic E-state index is 0.568. The number of thiophene rings is 1. The second-order valence-electron chi connectivity index (χ2n) is 5.57. The lowest BCUT2D eigenvalue weighted by Crippen LogP contribution is -1.90. The molecule has 3 aromatic rings. The van der Waals surface area contributed by atoms with Crippen LogP contribution >= 0.6 is 22.9 Å². The Morgan fingerprint density at radius 1 is 1.04 bits per heavy atom. The lowest BCUT2D eigenvalue weighted by Gasteiger charge is -2.05. The smallest absolute Gasteiger partial charge is 0.206 e. The molecule has 0 saturated heterocycles. The third-order valence-corrected chi connectivity index (χ3v) is 5.25. The number of rotatable bonds is 4. The molecule has 0 amide bonds. The van der Waals surface area contributed by atoms with Crippen molar-refractivity contribution in [2.24, 2.45) is 0 Å². The van der Waals surface area contributed by atoms with E-state index in [2.05, 4.69) is 0 Å². The van der Waals surface area contributed by atoms with Gasteiger partial charge in [-0.15, -0.1) is 11.3 Å². The molecule has 1 heterocycles. The van der Waals surface area contributed by atoms with Gasteiger partial charge in [-0.1, -0.05) is 35.4 Å². The highest BCUT2D eigenvalue weighted by Crippen LogP contribution is 2.33. The molecule has 3 rings (SSSR count). The van der Waals surface area contributed by atoms with Crippen LogP contribution in [0.5, 0.6) is 0 Å². The summed E-state index contributed by atoms with van der Waals surface area (Å²) in [4.78, 5) is 1.92. The SMILES string of the molecule is Cc1ccc(Cl)c(Cc2ccc(-c3ccc(C(F)F)c(F)c3)s2)c1. The molecule has 0 radical (unpaired) electrons. The molecule has 0 aliphatic heterocycles. The molecule has 0 bridgehead atoms. The van der Waals surface area contributed by atoms with Crippen LogP contribution in [-0.4, -0.2) is 0 Å². The number of hydrogen-bond donors (Lipinski definition) is 0. The van der Waals surface area contributed by atoms with Crippen LogP contribution < -0.4 is 0 Å². The zero-order valence-electron chi connectivity index (χ0n) is 12.8. The molecular formula is C19H14ClF3S. The lowest BCUT2D eigenvalue weighted by molar-refractivity contribution is 0.146. The second kappa shape index (κ2) is 6.99. The van der Waals surface area contributed by atoms with Gasteiger partial charge in [0.15, 0.2) is 0 Å². The predicted octanol–water partition coefficient (Wildman–Crippen LogP) is 7.04. The highest BCUT2D eigenvalue weighted by atomic mass is 35.5. The van der Waals surface area contributed by atoms with Crippen LogP contribution in [0.2, 0.25) is 5.02 Å². The van der Waals surface area contributed by atoms with Gasteiger partial charge in [-0.25, -0.2) is 13.2 Å². The zero-order chi connectivity index (χ0) is 17.3. The van der Waals surface area contributed by atoms with E-state index in [4.69, 9.17) is 11.6 Å². The minimum Gasteiger partial charge on any atom is -0.206 e. The van der Waals surface area contributed by atoms with Gasteiger partial charge in [0.05, 0.1) is 5.56 Å². The van der Waals surface area contributed by atoms with E-state index >= 15 is 0 Å². The summed E-state index contributed by atoms with van der Waals surface area (Å²) in [7, 11) is 0. The fourth-order valence-corrected chi connectivity index (χ4v) is 3.72. The summed E-state index contributed by atoms with van der Waals surface area (Å²) >= 11 is 7.73. The molecule has 0 aliphatic rings. The first-order chi connectivity index (χ1) is 11.4. The van der Waals surface area contributed by atoms with Crippen molar-refractivity contribution in [3.8, 4) is 10.4 Å². The van der Waals surface area contributed by atoms with Crippen LogP contribution in [0, 0.1) is 12.7 Å². The van der Waals surface area contributed by atoms with E-state index in [1.54, 1.807) is 0 Å². The van der Waals surface area contributed by atoms with E-state index < -0.39 is 17.8 Å². The van der Waals surface area contributed by atoms with Gasteiger partial charge in [0, 0.05) is 21.2 Å². The molecule has 1 aromatic heterocycles. The Morgan fingerprint density at radius 2 is 1.83 bits per heavy atom. The van der Waals surface area contributed by atoms with Crippen molar-refractivity contribution in [3.05, 3.63) is 80.9 Å². The van der Waals surface area contributed by atoms with Gasteiger partial charge in [0.25, 0.3) is 6.43 Å². The maximum absolute atomic E-state index is 13.7. The van der Waals surface area contributed by atoms with E-state index in [0.717, 1.165) is 33.0 Å². The Hall–Kier alpha value is -1.78. The standard InChI is InChI=1S/C19H14ClF3S/c1-11-2-6-16(20)13(8-11)9-14-4-7-18(24-14)12-3-5-15(19(22)23)17(21)10-12/h2-8,10,19H,9H2,1H3. The average molecular weight is 367 g/mol. The van der Waals surface area contributed by atoms with Crippen LogP contribution in [0.3, 0.4) is 0 Å². The zero-order valence-corrected chi connectivity index (χ0v) is 14.4. The van der Waals surface area contributed by atoms with Gasteiger partial charge in [-0.2, -0.15) is 0 Å². The molecule has 0 spiro atoms. The summed E-state index contributed by atoms with van der Waals surface area (Å²) in [5, 5.41) is 0.711. The third kappa shape index (κ3) is 3.65. The molecule has 0 aliphatic carbocycles. The Bertz CT molecular complexity index is 871. The van der Waals surface area contributed by atoms with Gasteiger partial charge in [-0.05, 0) is 48.4 Å². The van der Waals surface area contributed by atoms with Gasteiger partial charge in [-0.3, -0.25) is 0 Å². The largest absolute Gasteiger partial charge is 0.266 e. The Morgan fingerprint density at radius 3 is 2.54 bits per heavy atom. The van der Waals surface area contributed by atoms with Gasteiger partial charge in [0.2, 0.25) is 0 Å². The first-order valence-corrected chi connectivity index (χ1v) is 8.55. The molecule has 24 heavy (non-hydrogen) atoms. The van der Waals surface area contributed by atoms with E-state index in [1.165, 1.54) is 17.4 Å². The second-order valence-corrected chi connectivity index (χ2v) is 7.15. The molecular weight excluding hydrogens is 353 g/mol. The number of alkyl halides is 2. The van der Waals surface area contributed by atoms with Crippen molar-refractivity contribution < 1.29 is 13.2 Å². The Balaban J connectivity index is 1.85. The van der Waals surface area contributed by atoms with E-state index in [1.807, 2.05) is 37.3 Å². The van der Waals surface area contributed by atoms with Crippen LogP contribution in [-0.2, 0) is 6.42 Å². The molecule has 0 saturated carbocycles. The number of aryl methyl sites for hydroxylation is 1. The van der Waals surface area contributed by atoms with Crippen molar-refractivity contribution in [2.45, 2.75) is 19.8 Å². The molecule has 5 heteroatoms. The predicted molar refractivity (Wildman–Crippen MR) is 93.7 cm³/mol. The molecule has 124 valence electrons. The number of benzene rings is 2. The fourth-order valence-electron chi connectivity index (χ4n) is 2.51. The Labute approximate surface area is 147 Å². The van der Waals surface area contributed by atoms with Crippen molar-refractivity contribution in [2.75, 3.05) is 0 Å². The maximum atomic E-state index is 13.7. The molecule has 2 aromatic carbocycles. The van der Waals surface area contributed by atoms with E-state index in [-0.39, 0.29) is 0 Å². The summed E-state index contributed by atoms with van der Waals surface area (Å²) in [6.07, 6.45) is -2.12. The van der Waals surface area contributed by atoms with Crippen molar-refractivity contribution in [1.29, 1.82) is 0 Å². The summed E-state index contributed by atoms with van der Waals surface area (Å²) in [5.41, 5.74) is 2.20. The van der Waals surface area contributed by atoms with E-state index in [9.17, 15) is 13.2 Å². The van der Waals surface area contributed by atoms with Gasteiger partial charge >= 0.3 is 0 Å². The third-order valence-electron chi connectivity index (χ3n) is 3.75. The number of hydrogen-bond acceptors (Lipinski definition) is 1. The first-order valence-electron chi connectivity index (χ1n) is 7.36. The van der Waals surface area contributed by atoms with Crippen LogP contribution in [0.25, 0.3) is 10.4 Å². The Kier molecular flexibility index (Phi) is 4.97. The van der Waals surface area contributed by atoms with Crippen LogP contribution in [0.1, 0.15) is 28.0 Å². The molecule has 0 atom stereocenters. The molecule has 0 nitrogen and oxygen atoms in total. The summed E-state index contributed by atoms with van der Waals surface area (Å²) < 4.78 is 39.0. The van der Waals surface area contributed by atoms with Crippen molar-refractivity contribution >= 4 is 22.9 Å². The minimum atomic E-state index is -2.80. The summed E-state index contributed by atoms with van der Waals surface area (Å²) in [5.74, 6) is -0.876. The van der Waals surface area contributed by atoms with E-state index in [0.29, 0.717) is 17.0 Å². The fraction of sp³-hybridized carbons (Fsp3) is 0.158. The highest BCUT2D eigenvalue weighted by molar-refractivity contribution is 7.15. The number of halogens is 4. The maximum Gasteiger partial charge on any atom is 0.266 e. The molecule has 0 unspecified atom stereocenters. The quantitative estimate of drug-likeness (QED) is 0.464. The van der Waals surface area contributed by atoms with Crippen LogP contribution in [0.15, 0.2) is 48.5 Å². The first kappa shape index (κ1) is 17.1. The normalized spacial score (nSPS) is 11.2. The van der Waals surface area contributed by atoms with Gasteiger partial charge in [0.1, 0.15) is 5.82 Å². The summed E-state index contributed by atoms with van der Waals surface area (Å²) in [6.45, 7) is 2.01. The van der Waals surface area contributed by atoms with Crippen molar-refractivity contribution in [1.82, 2.24) is 0 Å². The molecule has 0 N–H and O–H groups in total. The monoisotopic (exact) mass is 366 g/mol.